The predicted octanol–water partition coefficient (Wildman–Crippen LogP) is 4.22. The summed E-state index contributed by atoms with van der Waals surface area (Å²) < 4.78 is 24.9. The number of benzene rings is 2. The zero-order chi connectivity index (χ0) is 20.4. The molecule has 1 heterocycles. The second-order valence-corrected chi connectivity index (χ2v) is 7.42. The number of fused-ring (bicyclic) bond motifs is 1. The van der Waals surface area contributed by atoms with E-state index in [4.69, 9.17) is 9.47 Å². The normalized spacial score (nSPS) is 18.7. The molecule has 7 heteroatoms. The van der Waals surface area contributed by atoms with E-state index in [1.807, 2.05) is 0 Å². The molecule has 0 spiro atoms. The van der Waals surface area contributed by atoms with Gasteiger partial charge in [-0.05, 0) is 55.5 Å². The van der Waals surface area contributed by atoms with E-state index in [0.29, 0.717) is 28.4 Å². The van der Waals surface area contributed by atoms with Crippen molar-refractivity contribution in [1.29, 1.82) is 0 Å². The highest BCUT2D eigenvalue weighted by Gasteiger charge is 2.31. The van der Waals surface area contributed by atoms with Gasteiger partial charge in [0.05, 0.1) is 19.1 Å². The molecule has 0 bridgehead atoms. The molecule has 2 aromatic carbocycles. The van der Waals surface area contributed by atoms with E-state index in [9.17, 15) is 14.0 Å². The van der Waals surface area contributed by atoms with Crippen molar-refractivity contribution >= 4 is 23.2 Å². The number of halogens is 1. The number of carbonyl (C=O) groups is 2. The third-order valence-corrected chi connectivity index (χ3v) is 5.40. The fraction of sp³-hybridized carbons (Fsp3) is 0.364. The van der Waals surface area contributed by atoms with E-state index in [2.05, 4.69) is 10.6 Å². The quantitative estimate of drug-likeness (QED) is 0.791. The van der Waals surface area contributed by atoms with Crippen LogP contribution in [0.25, 0.3) is 0 Å². The number of anilines is 2. The number of ether oxygens (including phenoxy) is 2. The van der Waals surface area contributed by atoms with Crippen LogP contribution in [0.3, 0.4) is 0 Å². The Kier molecular flexibility index (Phi) is 5.38. The number of carbonyl (C=O) groups excluding carboxylic acids is 2. The van der Waals surface area contributed by atoms with Gasteiger partial charge in [-0.3, -0.25) is 9.59 Å². The van der Waals surface area contributed by atoms with Crippen LogP contribution in [0.4, 0.5) is 15.8 Å². The molecule has 0 saturated heterocycles. The van der Waals surface area contributed by atoms with Crippen molar-refractivity contribution in [1.82, 2.24) is 0 Å². The van der Waals surface area contributed by atoms with Gasteiger partial charge >= 0.3 is 0 Å². The van der Waals surface area contributed by atoms with Crippen molar-refractivity contribution < 1.29 is 23.5 Å². The van der Waals surface area contributed by atoms with Crippen LogP contribution in [-0.4, -0.2) is 25.0 Å². The maximum absolute atomic E-state index is 13.5. The molecule has 1 fully saturated rings. The molecule has 2 aliphatic rings. The molecule has 152 valence electrons. The molecule has 1 aliphatic heterocycles. The van der Waals surface area contributed by atoms with Crippen LogP contribution in [0, 0.1) is 5.82 Å². The van der Waals surface area contributed by atoms with E-state index >= 15 is 0 Å². The number of rotatable bonds is 5. The Balaban J connectivity index is 1.54. The molecule has 0 aromatic heterocycles. The molecule has 1 unspecified atom stereocenters. The van der Waals surface area contributed by atoms with Gasteiger partial charge in [-0.2, -0.15) is 0 Å². The van der Waals surface area contributed by atoms with Crippen molar-refractivity contribution in [2.75, 3.05) is 17.7 Å². The van der Waals surface area contributed by atoms with Crippen molar-refractivity contribution in [2.24, 2.45) is 0 Å². The molecule has 2 amide bonds. The Bertz CT molecular complexity index is 940. The summed E-state index contributed by atoms with van der Waals surface area (Å²) >= 11 is 0. The topological polar surface area (TPSA) is 76.7 Å². The van der Waals surface area contributed by atoms with Gasteiger partial charge in [0.1, 0.15) is 5.82 Å². The SMILES string of the molecule is COc1ccc(NC(=O)C2CC(=O)Nc3cc(F)ccc32)cc1OC1CCCC1. The molecule has 1 atom stereocenters. The minimum atomic E-state index is -0.694. The van der Waals surface area contributed by atoms with Crippen LogP contribution in [0.1, 0.15) is 43.6 Å². The molecule has 6 nitrogen and oxygen atoms in total. The lowest BCUT2D eigenvalue weighted by molar-refractivity contribution is -0.123. The van der Waals surface area contributed by atoms with E-state index in [1.165, 1.54) is 18.2 Å². The van der Waals surface area contributed by atoms with Crippen LogP contribution in [0.2, 0.25) is 0 Å². The predicted molar refractivity (Wildman–Crippen MR) is 107 cm³/mol. The Morgan fingerprint density at radius 2 is 1.93 bits per heavy atom. The summed E-state index contributed by atoms with van der Waals surface area (Å²) in [5.41, 5.74) is 1.49. The summed E-state index contributed by atoms with van der Waals surface area (Å²) in [5.74, 6) is -0.614. The zero-order valence-electron chi connectivity index (χ0n) is 16.2. The molecule has 29 heavy (non-hydrogen) atoms. The Morgan fingerprint density at radius 1 is 1.14 bits per heavy atom. The van der Waals surface area contributed by atoms with Crippen LogP contribution in [-0.2, 0) is 9.59 Å². The average Bonchev–Trinajstić information content (AvgIpc) is 3.20. The second-order valence-electron chi connectivity index (χ2n) is 7.42. The summed E-state index contributed by atoms with van der Waals surface area (Å²) in [4.78, 5) is 24.9. The number of methoxy groups -OCH3 is 1. The summed E-state index contributed by atoms with van der Waals surface area (Å²) in [6, 6.07) is 9.27. The number of amides is 2. The fourth-order valence-corrected chi connectivity index (χ4v) is 3.93. The number of hydrogen-bond acceptors (Lipinski definition) is 4. The van der Waals surface area contributed by atoms with Crippen LogP contribution in [0.5, 0.6) is 11.5 Å². The van der Waals surface area contributed by atoms with E-state index < -0.39 is 11.7 Å². The van der Waals surface area contributed by atoms with Crippen LogP contribution < -0.4 is 20.1 Å². The van der Waals surface area contributed by atoms with Crippen LogP contribution >= 0.6 is 0 Å². The summed E-state index contributed by atoms with van der Waals surface area (Å²) in [6.45, 7) is 0. The Hall–Kier alpha value is -3.09. The van der Waals surface area contributed by atoms with Crippen LogP contribution in [0.15, 0.2) is 36.4 Å². The maximum atomic E-state index is 13.5. The number of hydrogen-bond donors (Lipinski definition) is 2. The minimum absolute atomic E-state index is 0.00600. The maximum Gasteiger partial charge on any atom is 0.232 e. The molecule has 1 saturated carbocycles. The molecule has 4 rings (SSSR count). The monoisotopic (exact) mass is 398 g/mol. The zero-order valence-corrected chi connectivity index (χ0v) is 16.2. The standard InChI is InChI=1S/C22H23FN2O4/c1-28-19-9-7-14(11-20(19)29-15-4-2-3-5-15)24-22(27)17-12-21(26)25-18-10-13(23)6-8-16(17)18/h6-11,15,17H,2-5,12H2,1H3,(H,24,27)(H,25,26). The first-order valence-corrected chi connectivity index (χ1v) is 9.78. The first-order chi connectivity index (χ1) is 14.0. The van der Waals surface area contributed by atoms with E-state index in [1.54, 1.807) is 25.3 Å². The lowest BCUT2D eigenvalue weighted by atomic mass is 9.89. The molecule has 2 aromatic rings. The smallest absolute Gasteiger partial charge is 0.232 e. The average molecular weight is 398 g/mol. The minimum Gasteiger partial charge on any atom is -0.493 e. The van der Waals surface area contributed by atoms with E-state index in [-0.39, 0.29) is 24.3 Å². The van der Waals surface area contributed by atoms with Gasteiger partial charge in [-0.1, -0.05) is 6.07 Å². The largest absolute Gasteiger partial charge is 0.493 e. The molecule has 2 N–H and O–H groups in total. The fourth-order valence-electron chi connectivity index (χ4n) is 3.93. The van der Waals surface area contributed by atoms with E-state index in [0.717, 1.165) is 25.7 Å². The van der Waals surface area contributed by atoms with Crippen molar-refractivity contribution in [2.45, 2.75) is 44.1 Å². The second kappa shape index (κ2) is 8.11. The van der Waals surface area contributed by atoms with Gasteiger partial charge < -0.3 is 20.1 Å². The highest BCUT2D eigenvalue weighted by atomic mass is 19.1. The molecule has 0 radical (unpaired) electrons. The summed E-state index contributed by atoms with van der Waals surface area (Å²) in [6.07, 6.45) is 4.46. The van der Waals surface area contributed by atoms with Crippen molar-refractivity contribution in [3.05, 3.63) is 47.8 Å². The van der Waals surface area contributed by atoms with Crippen molar-refractivity contribution in [3.8, 4) is 11.5 Å². The Morgan fingerprint density at radius 3 is 2.69 bits per heavy atom. The van der Waals surface area contributed by atoms with Gasteiger partial charge in [-0.15, -0.1) is 0 Å². The third kappa shape index (κ3) is 4.18. The third-order valence-electron chi connectivity index (χ3n) is 5.40. The van der Waals surface area contributed by atoms with Crippen molar-refractivity contribution in [3.63, 3.8) is 0 Å². The highest BCUT2D eigenvalue weighted by molar-refractivity contribution is 6.05. The van der Waals surface area contributed by atoms with Gasteiger partial charge in [0.15, 0.2) is 11.5 Å². The Labute approximate surface area is 168 Å². The van der Waals surface area contributed by atoms with Gasteiger partial charge in [0.25, 0.3) is 0 Å². The first-order valence-electron chi connectivity index (χ1n) is 9.78. The highest BCUT2D eigenvalue weighted by Crippen LogP contribution is 2.36. The molecular weight excluding hydrogens is 375 g/mol. The molecular formula is C22H23FN2O4. The van der Waals surface area contributed by atoms with Gasteiger partial charge in [0.2, 0.25) is 11.8 Å². The van der Waals surface area contributed by atoms with Gasteiger partial charge in [-0.25, -0.2) is 4.39 Å². The number of nitrogens with one attached hydrogen (secondary N) is 2. The summed E-state index contributed by atoms with van der Waals surface area (Å²) in [5, 5.41) is 5.47. The molecule has 1 aliphatic carbocycles. The van der Waals surface area contributed by atoms with Gasteiger partial charge in [0, 0.05) is 23.9 Å². The lowest BCUT2D eigenvalue weighted by Gasteiger charge is -2.25. The lowest BCUT2D eigenvalue weighted by Crippen LogP contribution is -2.30. The summed E-state index contributed by atoms with van der Waals surface area (Å²) in [7, 11) is 1.58. The first kappa shape index (κ1) is 19.2.